The SMILES string of the molecule is CC(C)(C)CC(=O)N1CCC(N2CC(C#N)C2)CC1.CC(C)(C)CC(=O)N1CCC(N2CCC[C@@H](C#N)C2)CC1.CC(C)(C)CC(=O)N1CCC(N2CCS(=O)(=O)CC2)CC1.CC(C)(C)CC(=O)N1CCC(NCCCC#N)CC1.CN(C1CCN(C(=O)CC(C)(C)C)CC1)[C@@H]1CCOC1.CN1CCN(C2CCN(C(=O)CC(C)(C)C)CC2)CC1.C[C@H]1COCCN1C1CCN(C(=O)CC(C)(C)C)CC1. The highest BCUT2D eigenvalue weighted by atomic mass is 32.2. The third-order valence-electron chi connectivity index (χ3n) is 30.1. The fraction of sp³-hybridized carbons (Fsp3) is 0.909. The van der Waals surface area contributed by atoms with E-state index in [4.69, 9.17) is 25.3 Å². The molecule has 0 radical (unpaired) electrons. The third kappa shape index (κ3) is 45.7. The maximum atomic E-state index is 12.3. The van der Waals surface area contributed by atoms with Gasteiger partial charge in [-0.05, 0) is 188 Å². The number of hydrogen-bond donors (Lipinski definition) is 1. The van der Waals surface area contributed by atoms with Crippen molar-refractivity contribution in [1.29, 1.82) is 15.8 Å². The first kappa shape index (κ1) is 121. The van der Waals surface area contributed by atoms with Gasteiger partial charge in [-0.2, -0.15) is 15.8 Å². The summed E-state index contributed by atoms with van der Waals surface area (Å²) in [6.07, 6.45) is 24.4. The van der Waals surface area contributed by atoms with Crippen LogP contribution < -0.4 is 5.32 Å². The first-order chi connectivity index (χ1) is 65.4. The molecule has 13 aliphatic rings. The van der Waals surface area contributed by atoms with Crippen LogP contribution in [-0.4, -0.2) is 395 Å². The van der Waals surface area contributed by atoms with E-state index >= 15 is 0 Å². The van der Waals surface area contributed by atoms with Crippen LogP contribution in [-0.2, 0) is 52.9 Å². The lowest BCUT2D eigenvalue weighted by molar-refractivity contribution is -0.136. The highest BCUT2D eigenvalue weighted by Crippen LogP contribution is 2.34. The van der Waals surface area contributed by atoms with Gasteiger partial charge >= 0.3 is 0 Å². The molecule has 13 aliphatic heterocycles. The zero-order valence-corrected chi connectivity index (χ0v) is 93.7. The van der Waals surface area contributed by atoms with Gasteiger partial charge in [-0.3, -0.25) is 63.0 Å². The number of rotatable bonds is 18. The van der Waals surface area contributed by atoms with Crippen LogP contribution in [0.4, 0.5) is 0 Å². The van der Waals surface area contributed by atoms with Crippen LogP contribution in [0.3, 0.4) is 0 Å². The zero-order chi connectivity index (χ0) is 104. The molecule has 13 saturated heterocycles. The van der Waals surface area contributed by atoms with Crippen LogP contribution >= 0.6 is 0 Å². The molecule has 0 aromatic rings. The van der Waals surface area contributed by atoms with Crippen molar-refractivity contribution in [2.45, 2.75) is 374 Å². The summed E-state index contributed by atoms with van der Waals surface area (Å²) in [5.74, 6) is 3.14. The smallest absolute Gasteiger partial charge is 0.223 e. The fourth-order valence-corrected chi connectivity index (χ4v) is 22.9. The van der Waals surface area contributed by atoms with Gasteiger partial charge in [0, 0.05) is 269 Å². The lowest BCUT2D eigenvalue weighted by Crippen LogP contribution is -2.55. The van der Waals surface area contributed by atoms with Gasteiger partial charge in [0.25, 0.3) is 0 Å². The van der Waals surface area contributed by atoms with Crippen molar-refractivity contribution >= 4 is 51.2 Å². The molecule has 13 fully saturated rings. The standard InChI is InChI=1S/C17H29N3O.C16H31N3O.2C16H30N2O2.C15H25N3O.C15H27N3O.C15H28N2O3S/c1-17(2,3)11-16(21)19-9-6-15(7-10-19)20-8-4-5-14(12-18)13-20;1-16(2,3)13-15(20)19-7-5-14(6-8-19)18-11-9-17(4)10-12-18;1-16(2,3)11-15(19)18-8-5-13(6-9-18)17(4)14-7-10-20-12-14;1-13-12-20-10-9-18(13)14-5-7-17(8-6-14)15(19)11-16(2,3)4;1-15(2,3)8-14(19)17-6-4-13(5-7-17)18-10-12(9-16)11-18;1-15(2,3)12-14(19)18-10-6-13(7-11-18)17-9-5-4-8-16;1-15(2,3)12-14(18)17-6-4-13(5-7-17)16-8-10-21(19,20)11-9-16/h14-15H,4-11,13H2,1-3H3;14H,5-13H2,1-4H3;2*13-14H,5-12H2,1-4H3;12-13H,4-8,10-11H2,1-3H3;13,17H,4-7,9-12H2,1-3H3;13H,4-12H2,1-3H3/t14-;;14-;13-;;;/m0.10.../s1. The summed E-state index contributed by atoms with van der Waals surface area (Å²) in [6.45, 7) is 74.6. The number of piperazine rings is 1. The molecule has 13 heterocycles. The van der Waals surface area contributed by atoms with E-state index in [0.29, 0.717) is 148 Å². The Kier molecular flexibility index (Phi) is 49.4. The molecule has 0 aromatic heterocycles. The van der Waals surface area contributed by atoms with Crippen LogP contribution in [0, 0.1) is 83.7 Å². The lowest BCUT2D eigenvalue weighted by atomic mass is 9.90. The molecule has 29 nitrogen and oxygen atoms in total. The molecule has 3 atom stereocenters. The highest BCUT2D eigenvalue weighted by Gasteiger charge is 2.41. The third-order valence-corrected chi connectivity index (χ3v) is 31.7. The minimum absolute atomic E-state index is 0.0369. The maximum absolute atomic E-state index is 12.3. The Morgan fingerprint density at radius 2 is 0.664 bits per heavy atom. The summed E-state index contributed by atoms with van der Waals surface area (Å²) in [6, 6.07) is 12.0. The molecular weight excluding hydrogens is 1780 g/mol. The number of carbonyl (C=O) groups excluding carboxylic acids is 7. The fourth-order valence-electron chi connectivity index (χ4n) is 21.7. The molecule has 0 bridgehead atoms. The van der Waals surface area contributed by atoms with Crippen molar-refractivity contribution in [2.75, 3.05) is 222 Å². The number of amides is 7. The molecule has 0 aromatic carbocycles. The molecule has 13 rings (SSSR count). The average Bonchev–Trinajstić information content (AvgIpc) is 1.01. The van der Waals surface area contributed by atoms with E-state index in [9.17, 15) is 42.0 Å². The number of nitrogens with zero attached hydrogens (tertiary/aromatic N) is 17. The van der Waals surface area contributed by atoms with E-state index < -0.39 is 9.84 Å². The number of nitrogens with one attached hydrogen (secondary N) is 1. The molecule has 802 valence electrons. The van der Waals surface area contributed by atoms with Crippen LogP contribution in [0.15, 0.2) is 0 Å². The van der Waals surface area contributed by atoms with E-state index in [-0.39, 0.29) is 73.1 Å². The van der Waals surface area contributed by atoms with Gasteiger partial charge < -0.3 is 54.0 Å². The van der Waals surface area contributed by atoms with Gasteiger partial charge in [-0.25, -0.2) is 8.42 Å². The quantitative estimate of drug-likeness (QED) is 0.125. The predicted molar refractivity (Wildman–Crippen MR) is 562 cm³/mol. The van der Waals surface area contributed by atoms with Crippen molar-refractivity contribution in [2.24, 2.45) is 49.7 Å². The number of likely N-dealkylation sites (tertiary alicyclic amines) is 9. The average molecular weight is 1980 g/mol. The van der Waals surface area contributed by atoms with Crippen LogP contribution in [0.2, 0.25) is 0 Å². The van der Waals surface area contributed by atoms with E-state index in [1.165, 1.54) is 26.2 Å². The summed E-state index contributed by atoms with van der Waals surface area (Å²) < 4.78 is 33.9. The minimum Gasteiger partial charge on any atom is -0.380 e. The Balaban J connectivity index is 0.000000222. The number of likely N-dealkylation sites (N-methyl/N-ethyl adjacent to an activating group) is 2. The Bertz CT molecular complexity index is 3940. The second kappa shape index (κ2) is 57.0. The number of unbranched alkanes of at least 4 members (excludes halogenated alkanes) is 1. The monoisotopic (exact) mass is 1980 g/mol. The normalized spacial score (nSPS) is 24.0. The van der Waals surface area contributed by atoms with E-state index in [0.717, 1.165) is 273 Å². The van der Waals surface area contributed by atoms with Gasteiger partial charge in [0.05, 0.1) is 61.4 Å². The Morgan fingerprint density at radius 1 is 0.350 bits per heavy atom. The molecule has 140 heavy (non-hydrogen) atoms. The number of carbonyl (C=O) groups is 7. The molecule has 0 unspecified atom stereocenters. The Hall–Kier alpha value is -5.69. The van der Waals surface area contributed by atoms with Crippen molar-refractivity contribution in [3.05, 3.63) is 0 Å². The van der Waals surface area contributed by atoms with Crippen molar-refractivity contribution in [1.82, 2.24) is 73.9 Å². The summed E-state index contributed by atoms with van der Waals surface area (Å²) >= 11 is 0. The summed E-state index contributed by atoms with van der Waals surface area (Å²) in [7, 11) is 1.61. The van der Waals surface area contributed by atoms with E-state index in [1.807, 2.05) is 19.6 Å². The van der Waals surface area contributed by atoms with Gasteiger partial charge in [0.1, 0.15) is 0 Å². The largest absolute Gasteiger partial charge is 0.380 e. The van der Waals surface area contributed by atoms with Crippen molar-refractivity contribution < 1.29 is 51.5 Å². The summed E-state index contributed by atoms with van der Waals surface area (Å²) in [5, 5.41) is 29.8. The van der Waals surface area contributed by atoms with E-state index in [2.05, 4.69) is 239 Å². The minimum atomic E-state index is -2.81. The molecule has 0 aliphatic carbocycles. The van der Waals surface area contributed by atoms with Gasteiger partial charge in [-0.1, -0.05) is 145 Å². The number of sulfone groups is 1. The van der Waals surface area contributed by atoms with Crippen LogP contribution in [0.1, 0.15) is 319 Å². The van der Waals surface area contributed by atoms with Gasteiger partial charge in [-0.15, -0.1) is 0 Å². The molecule has 1 N–H and O–H groups in total. The van der Waals surface area contributed by atoms with Crippen molar-refractivity contribution in [3.8, 4) is 18.2 Å². The van der Waals surface area contributed by atoms with Gasteiger partial charge in [0.15, 0.2) is 9.84 Å². The van der Waals surface area contributed by atoms with Gasteiger partial charge in [0.2, 0.25) is 41.4 Å². The second-order valence-electron chi connectivity index (χ2n) is 51.8. The Morgan fingerprint density at radius 3 is 0.993 bits per heavy atom. The van der Waals surface area contributed by atoms with Crippen LogP contribution in [0.25, 0.3) is 0 Å². The first-order valence-corrected chi connectivity index (χ1v) is 56.6. The molecule has 7 amide bonds. The van der Waals surface area contributed by atoms with Crippen LogP contribution in [0.5, 0.6) is 0 Å². The number of hydrogen-bond acceptors (Lipinski definition) is 22. The maximum Gasteiger partial charge on any atom is 0.223 e. The number of nitriles is 3. The topological polar surface area (TPSA) is 301 Å². The number of piperidine rings is 8. The van der Waals surface area contributed by atoms with Crippen molar-refractivity contribution in [3.63, 3.8) is 0 Å². The number of ether oxygens (including phenoxy) is 2. The first-order valence-electron chi connectivity index (χ1n) is 54.8. The zero-order valence-electron chi connectivity index (χ0n) is 92.9. The molecule has 0 saturated carbocycles. The lowest BCUT2D eigenvalue weighted by Gasteiger charge is -2.45. The molecule has 30 heteroatoms. The summed E-state index contributed by atoms with van der Waals surface area (Å²) in [4.78, 5) is 117. The molecule has 0 spiro atoms. The predicted octanol–water partition coefficient (Wildman–Crippen LogP) is 13.9. The molecular formula is C110H200N18O11S. The second-order valence-corrected chi connectivity index (χ2v) is 54.1. The highest BCUT2D eigenvalue weighted by molar-refractivity contribution is 7.91. The summed E-state index contributed by atoms with van der Waals surface area (Å²) in [5.41, 5.74) is 0.537. The Labute approximate surface area is 851 Å². The number of morpholine rings is 1. The van der Waals surface area contributed by atoms with E-state index in [1.54, 1.807) is 0 Å².